The molecule has 1 amide bonds. The Labute approximate surface area is 171 Å². The van der Waals surface area contributed by atoms with E-state index in [-0.39, 0.29) is 17.7 Å². The Morgan fingerprint density at radius 3 is 2.59 bits per heavy atom. The van der Waals surface area contributed by atoms with Gasteiger partial charge in [0.05, 0.1) is 28.1 Å². The van der Waals surface area contributed by atoms with Crippen LogP contribution in [0.5, 0.6) is 0 Å². The second-order valence-electron chi connectivity index (χ2n) is 5.80. The summed E-state index contributed by atoms with van der Waals surface area (Å²) in [6.07, 6.45) is 0. The molecule has 0 aliphatic heterocycles. The summed E-state index contributed by atoms with van der Waals surface area (Å²) >= 11 is 13.7. The maximum Gasteiger partial charge on any atom is 0.259 e. The predicted octanol–water partition coefficient (Wildman–Crippen LogP) is 5.15. The number of nitrogens with one attached hydrogen (secondary N) is 1. The van der Waals surface area contributed by atoms with Gasteiger partial charge in [-0.2, -0.15) is 4.98 Å². The molecule has 1 aromatic heterocycles. The Balaban J connectivity index is 1.49. The zero-order valence-electron chi connectivity index (χ0n) is 14.5. The van der Waals surface area contributed by atoms with Crippen LogP contribution in [-0.4, -0.2) is 21.8 Å². The van der Waals surface area contributed by atoms with Crippen molar-refractivity contribution >= 4 is 40.9 Å². The fourth-order valence-electron chi connectivity index (χ4n) is 2.48. The molecule has 5 nitrogen and oxygen atoms in total. The molecule has 0 saturated carbocycles. The maximum atomic E-state index is 12.1. The summed E-state index contributed by atoms with van der Waals surface area (Å²) in [4.78, 5) is 16.5. The highest BCUT2D eigenvalue weighted by molar-refractivity contribution is 7.99. The molecule has 1 N–H and O–H groups in total. The van der Waals surface area contributed by atoms with Gasteiger partial charge < -0.3 is 9.84 Å². The quantitative estimate of drug-likeness (QED) is 0.570. The second-order valence-corrected chi connectivity index (χ2v) is 7.60. The number of hydrogen-bond donors (Lipinski definition) is 1. The molecule has 27 heavy (non-hydrogen) atoms. The summed E-state index contributed by atoms with van der Waals surface area (Å²) in [5.74, 6) is 1.55. The van der Waals surface area contributed by atoms with Crippen molar-refractivity contribution in [3.8, 4) is 11.5 Å². The lowest BCUT2D eigenvalue weighted by molar-refractivity contribution is -0.119. The minimum absolute atomic E-state index is 0.0813. The number of carbonyl (C=O) groups excluding carboxylic acids is 1. The molecule has 3 rings (SSSR count). The summed E-state index contributed by atoms with van der Waals surface area (Å²) in [5, 5.41) is 8.06. The normalized spacial score (nSPS) is 12.0. The summed E-state index contributed by atoms with van der Waals surface area (Å²) < 4.78 is 5.25. The van der Waals surface area contributed by atoms with E-state index in [4.69, 9.17) is 27.7 Å². The van der Waals surface area contributed by atoms with Gasteiger partial charge in [-0.05, 0) is 30.7 Å². The van der Waals surface area contributed by atoms with E-state index in [1.165, 1.54) is 11.8 Å². The molecule has 1 unspecified atom stereocenters. The molecular weight excluding hydrogens is 405 g/mol. The number of benzene rings is 2. The Hall–Kier alpha value is -2.02. The lowest BCUT2D eigenvalue weighted by atomic mass is 10.1. The number of carbonyl (C=O) groups is 1. The Kier molecular flexibility index (Phi) is 6.77. The molecule has 0 radical (unpaired) electrons. The monoisotopic (exact) mass is 421 g/mol. The SMILES string of the molecule is CC(NC(=O)CSCc1noc(-c2ccccc2Cl)n1)c1ccccc1Cl. The van der Waals surface area contributed by atoms with E-state index in [2.05, 4.69) is 15.5 Å². The molecule has 2 aromatic carbocycles. The topological polar surface area (TPSA) is 68.0 Å². The highest BCUT2D eigenvalue weighted by Crippen LogP contribution is 2.26. The van der Waals surface area contributed by atoms with Gasteiger partial charge in [0.2, 0.25) is 5.91 Å². The van der Waals surface area contributed by atoms with Crippen LogP contribution in [0.1, 0.15) is 24.4 Å². The standard InChI is InChI=1S/C19H17Cl2N3O2S/c1-12(13-6-2-4-8-15(13)20)22-18(25)11-27-10-17-23-19(26-24-17)14-7-3-5-9-16(14)21/h2-9,12H,10-11H2,1H3,(H,22,25). The lowest BCUT2D eigenvalue weighted by Crippen LogP contribution is -2.28. The van der Waals surface area contributed by atoms with E-state index in [0.29, 0.717) is 33.1 Å². The first kappa shape index (κ1) is 19.7. The third kappa shape index (κ3) is 5.25. The Bertz CT molecular complexity index is 933. The van der Waals surface area contributed by atoms with E-state index in [1.54, 1.807) is 12.1 Å². The molecule has 8 heteroatoms. The highest BCUT2D eigenvalue weighted by Gasteiger charge is 2.14. The van der Waals surface area contributed by atoms with Gasteiger partial charge in [0.15, 0.2) is 5.82 Å². The van der Waals surface area contributed by atoms with Crippen molar-refractivity contribution in [1.29, 1.82) is 0 Å². The summed E-state index contributed by atoms with van der Waals surface area (Å²) in [6.45, 7) is 1.90. The third-order valence-corrected chi connectivity index (χ3v) is 5.39. The largest absolute Gasteiger partial charge is 0.349 e. The minimum Gasteiger partial charge on any atom is -0.349 e. The van der Waals surface area contributed by atoms with Crippen LogP contribution in [0, 0.1) is 0 Å². The Morgan fingerprint density at radius 2 is 1.85 bits per heavy atom. The van der Waals surface area contributed by atoms with Crippen LogP contribution in [0.3, 0.4) is 0 Å². The number of amides is 1. The molecule has 0 saturated heterocycles. The van der Waals surface area contributed by atoms with E-state index >= 15 is 0 Å². The predicted molar refractivity (Wildman–Crippen MR) is 109 cm³/mol. The number of hydrogen-bond acceptors (Lipinski definition) is 5. The zero-order chi connectivity index (χ0) is 19.2. The van der Waals surface area contributed by atoms with E-state index in [9.17, 15) is 4.79 Å². The van der Waals surface area contributed by atoms with Gasteiger partial charge in [0.25, 0.3) is 5.89 Å². The van der Waals surface area contributed by atoms with Crippen LogP contribution in [0.25, 0.3) is 11.5 Å². The molecule has 1 heterocycles. The van der Waals surface area contributed by atoms with Crippen LogP contribution in [0.2, 0.25) is 10.0 Å². The molecule has 0 aliphatic rings. The lowest BCUT2D eigenvalue weighted by Gasteiger charge is -2.15. The fraction of sp³-hybridized carbons (Fsp3) is 0.211. The number of aromatic nitrogens is 2. The van der Waals surface area contributed by atoms with Crippen molar-refractivity contribution < 1.29 is 9.32 Å². The number of rotatable bonds is 7. The molecule has 140 valence electrons. The van der Waals surface area contributed by atoms with Crippen LogP contribution >= 0.6 is 35.0 Å². The fourth-order valence-corrected chi connectivity index (χ4v) is 3.67. The summed E-state index contributed by atoms with van der Waals surface area (Å²) in [5.41, 5.74) is 1.58. The first-order valence-electron chi connectivity index (χ1n) is 8.23. The second kappa shape index (κ2) is 9.26. The van der Waals surface area contributed by atoms with Gasteiger partial charge in [-0.1, -0.05) is 58.7 Å². The maximum absolute atomic E-state index is 12.1. The van der Waals surface area contributed by atoms with Crippen molar-refractivity contribution in [3.63, 3.8) is 0 Å². The average molecular weight is 422 g/mol. The van der Waals surface area contributed by atoms with Gasteiger partial charge in [0, 0.05) is 5.02 Å². The summed E-state index contributed by atoms with van der Waals surface area (Å²) in [6, 6.07) is 14.6. The van der Waals surface area contributed by atoms with Gasteiger partial charge in [-0.15, -0.1) is 11.8 Å². The molecule has 0 aliphatic carbocycles. The van der Waals surface area contributed by atoms with Gasteiger partial charge in [-0.3, -0.25) is 4.79 Å². The van der Waals surface area contributed by atoms with Gasteiger partial charge >= 0.3 is 0 Å². The van der Waals surface area contributed by atoms with Crippen molar-refractivity contribution in [1.82, 2.24) is 15.5 Å². The van der Waals surface area contributed by atoms with Crippen LogP contribution in [0.4, 0.5) is 0 Å². The van der Waals surface area contributed by atoms with Crippen molar-refractivity contribution in [2.75, 3.05) is 5.75 Å². The van der Waals surface area contributed by atoms with Gasteiger partial charge in [-0.25, -0.2) is 0 Å². The smallest absolute Gasteiger partial charge is 0.259 e. The van der Waals surface area contributed by atoms with Crippen molar-refractivity contribution in [2.24, 2.45) is 0 Å². The first-order chi connectivity index (χ1) is 13.0. The number of thioether (sulfide) groups is 1. The minimum atomic E-state index is -0.163. The van der Waals surface area contributed by atoms with Crippen LogP contribution in [0.15, 0.2) is 53.1 Å². The van der Waals surface area contributed by atoms with Gasteiger partial charge in [0.1, 0.15) is 0 Å². The summed E-state index contributed by atoms with van der Waals surface area (Å²) in [7, 11) is 0. The molecule has 0 spiro atoms. The van der Waals surface area contributed by atoms with Crippen molar-refractivity contribution in [3.05, 3.63) is 70.0 Å². The first-order valence-corrected chi connectivity index (χ1v) is 10.1. The van der Waals surface area contributed by atoms with Crippen molar-refractivity contribution in [2.45, 2.75) is 18.7 Å². The number of nitrogens with zero attached hydrogens (tertiary/aromatic N) is 2. The number of halogens is 2. The third-order valence-electron chi connectivity index (χ3n) is 3.79. The molecule has 0 fully saturated rings. The van der Waals surface area contributed by atoms with E-state index in [1.807, 2.05) is 43.3 Å². The molecule has 3 aromatic rings. The zero-order valence-corrected chi connectivity index (χ0v) is 16.8. The van der Waals surface area contributed by atoms with Crippen LogP contribution in [-0.2, 0) is 10.5 Å². The average Bonchev–Trinajstić information content (AvgIpc) is 3.11. The molecular formula is C19H17Cl2N3O2S. The Morgan fingerprint density at radius 1 is 1.15 bits per heavy atom. The van der Waals surface area contributed by atoms with E-state index in [0.717, 1.165) is 5.56 Å². The van der Waals surface area contributed by atoms with E-state index < -0.39 is 0 Å². The highest BCUT2D eigenvalue weighted by atomic mass is 35.5. The molecule has 1 atom stereocenters. The molecule has 0 bridgehead atoms. The van der Waals surface area contributed by atoms with Crippen LogP contribution < -0.4 is 5.32 Å².